The van der Waals surface area contributed by atoms with Gasteiger partial charge in [-0.15, -0.1) is 0 Å². The van der Waals surface area contributed by atoms with Gasteiger partial charge in [0.2, 0.25) is 5.88 Å². The Morgan fingerprint density at radius 3 is 1.91 bits per heavy atom. The molecule has 4 rings (SSSR count). The van der Waals surface area contributed by atoms with Crippen LogP contribution in [0, 0.1) is 6.92 Å². The summed E-state index contributed by atoms with van der Waals surface area (Å²) in [6.07, 6.45) is 0. The molecule has 1 amide bonds. The Labute approximate surface area is 190 Å². The molecule has 0 saturated heterocycles. The molecule has 32 heavy (non-hydrogen) atoms. The highest BCUT2D eigenvalue weighted by Crippen LogP contribution is 2.34. The first-order valence-electron chi connectivity index (χ1n) is 9.71. The van der Waals surface area contributed by atoms with E-state index in [0.717, 1.165) is 15.8 Å². The van der Waals surface area contributed by atoms with Crippen LogP contribution in [0.2, 0.25) is 5.02 Å². The summed E-state index contributed by atoms with van der Waals surface area (Å²) in [7, 11) is -4.18. The second kappa shape index (κ2) is 8.57. The van der Waals surface area contributed by atoms with E-state index in [-0.39, 0.29) is 10.8 Å². The van der Waals surface area contributed by atoms with Crippen molar-refractivity contribution >= 4 is 27.7 Å². The highest BCUT2D eigenvalue weighted by molar-refractivity contribution is 7.90. The first kappa shape index (κ1) is 21.7. The van der Waals surface area contributed by atoms with E-state index in [1.165, 1.54) is 24.3 Å². The SMILES string of the molecule is Cc1c(O)n(C(=O)NS(=O)(=O)c2ccc(Cl)cc2)n1C(c1ccccc1)c1ccccc1. The molecule has 3 aromatic carbocycles. The standard InChI is InChI=1S/C23H20ClN3O4S/c1-16-22(28)27(23(29)25-32(30,31)20-14-12-19(24)13-15-20)26(16)21(17-8-4-2-5-9-17)18-10-6-3-7-11-18/h2-15,21,28H,1H3,(H,25,29). The van der Waals surface area contributed by atoms with Gasteiger partial charge >= 0.3 is 6.03 Å². The molecule has 0 aliphatic carbocycles. The number of sulfonamides is 1. The van der Waals surface area contributed by atoms with Crippen LogP contribution < -0.4 is 4.72 Å². The van der Waals surface area contributed by atoms with E-state index >= 15 is 0 Å². The quantitative estimate of drug-likeness (QED) is 0.448. The van der Waals surface area contributed by atoms with Crippen LogP contribution >= 0.6 is 11.6 Å². The van der Waals surface area contributed by atoms with Crippen molar-refractivity contribution in [3.8, 4) is 5.88 Å². The van der Waals surface area contributed by atoms with Crippen LogP contribution in [0.15, 0.2) is 89.8 Å². The Morgan fingerprint density at radius 1 is 0.906 bits per heavy atom. The number of aromatic hydroxyl groups is 1. The predicted molar refractivity (Wildman–Crippen MR) is 122 cm³/mol. The van der Waals surface area contributed by atoms with Gasteiger partial charge in [-0.25, -0.2) is 17.9 Å². The van der Waals surface area contributed by atoms with Crippen LogP contribution in [-0.2, 0) is 10.0 Å². The van der Waals surface area contributed by atoms with E-state index in [1.807, 2.05) is 65.4 Å². The zero-order chi connectivity index (χ0) is 22.9. The topological polar surface area (TPSA) is 93.3 Å². The molecule has 0 fully saturated rings. The van der Waals surface area contributed by atoms with Gasteiger partial charge in [-0.2, -0.15) is 4.68 Å². The fourth-order valence-corrected chi connectivity index (χ4v) is 4.60. The second-order valence-corrected chi connectivity index (χ2v) is 9.27. The van der Waals surface area contributed by atoms with Crippen molar-refractivity contribution in [1.82, 2.24) is 14.1 Å². The van der Waals surface area contributed by atoms with Crippen LogP contribution in [0.1, 0.15) is 22.9 Å². The van der Waals surface area contributed by atoms with Gasteiger partial charge in [0.1, 0.15) is 6.04 Å². The number of carbonyl (C=O) groups excluding carboxylic acids is 1. The predicted octanol–water partition coefficient (Wildman–Crippen LogP) is 4.54. The van der Waals surface area contributed by atoms with Crippen molar-refractivity contribution in [3.05, 3.63) is 107 Å². The molecule has 0 unspecified atom stereocenters. The summed E-state index contributed by atoms with van der Waals surface area (Å²) in [5.74, 6) is -0.328. The molecule has 1 aromatic heterocycles. The summed E-state index contributed by atoms with van der Waals surface area (Å²) in [6.45, 7) is 1.66. The number of halogens is 1. The van der Waals surface area contributed by atoms with Crippen molar-refractivity contribution in [2.75, 3.05) is 0 Å². The summed E-state index contributed by atoms with van der Waals surface area (Å²) in [5, 5.41) is 10.8. The molecule has 0 spiro atoms. The molecule has 2 N–H and O–H groups in total. The van der Waals surface area contributed by atoms with E-state index in [4.69, 9.17) is 11.6 Å². The average Bonchev–Trinajstić information content (AvgIpc) is 2.79. The van der Waals surface area contributed by atoms with Gasteiger partial charge in [-0.1, -0.05) is 72.3 Å². The lowest BCUT2D eigenvalue weighted by molar-refractivity contribution is 0.223. The Bertz CT molecular complexity index is 1310. The van der Waals surface area contributed by atoms with E-state index in [1.54, 1.807) is 11.6 Å². The third-order valence-electron chi connectivity index (χ3n) is 5.10. The zero-order valence-electron chi connectivity index (χ0n) is 17.0. The first-order valence-corrected chi connectivity index (χ1v) is 11.6. The minimum absolute atomic E-state index is 0.120. The minimum Gasteiger partial charge on any atom is -0.492 e. The molecule has 1 heterocycles. The Hall–Kier alpha value is -3.49. The van der Waals surface area contributed by atoms with Gasteiger partial charge in [0.25, 0.3) is 10.0 Å². The lowest BCUT2D eigenvalue weighted by Crippen LogP contribution is -2.42. The number of carbonyl (C=O) groups is 1. The van der Waals surface area contributed by atoms with Crippen LogP contribution in [0.25, 0.3) is 0 Å². The van der Waals surface area contributed by atoms with E-state index < -0.39 is 22.1 Å². The normalized spacial score (nSPS) is 11.6. The molecule has 164 valence electrons. The molecule has 0 saturated carbocycles. The third kappa shape index (κ3) is 4.02. The van der Waals surface area contributed by atoms with Gasteiger partial charge in [-0.3, -0.25) is 4.68 Å². The summed E-state index contributed by atoms with van der Waals surface area (Å²) >= 11 is 5.82. The number of nitrogens with zero attached hydrogens (tertiary/aromatic N) is 2. The minimum atomic E-state index is -4.18. The van der Waals surface area contributed by atoms with E-state index in [0.29, 0.717) is 10.7 Å². The van der Waals surface area contributed by atoms with Gasteiger partial charge in [0.15, 0.2) is 0 Å². The van der Waals surface area contributed by atoms with Gasteiger partial charge in [0.05, 0.1) is 10.6 Å². The first-order chi connectivity index (χ1) is 15.3. The number of hydrogen-bond donors (Lipinski definition) is 2. The van der Waals surface area contributed by atoms with Crippen molar-refractivity contribution in [1.29, 1.82) is 0 Å². The lowest BCUT2D eigenvalue weighted by Gasteiger charge is -2.32. The maximum atomic E-state index is 13.0. The number of aromatic nitrogens is 2. The maximum Gasteiger partial charge on any atom is 0.357 e. The fourth-order valence-electron chi connectivity index (χ4n) is 3.54. The molecule has 9 heteroatoms. The van der Waals surface area contributed by atoms with Crippen molar-refractivity contribution in [2.24, 2.45) is 0 Å². The highest BCUT2D eigenvalue weighted by Gasteiger charge is 2.31. The van der Waals surface area contributed by atoms with Crippen molar-refractivity contribution in [2.45, 2.75) is 17.9 Å². The molecular weight excluding hydrogens is 450 g/mol. The molecule has 0 bridgehead atoms. The smallest absolute Gasteiger partial charge is 0.357 e. The van der Waals surface area contributed by atoms with Crippen LogP contribution in [0.5, 0.6) is 5.88 Å². The van der Waals surface area contributed by atoms with Crippen molar-refractivity contribution < 1.29 is 18.3 Å². The number of rotatable bonds is 5. The average molecular weight is 470 g/mol. The summed E-state index contributed by atoms with van der Waals surface area (Å²) in [5.41, 5.74) is 2.16. The Balaban J connectivity index is 1.75. The fraction of sp³-hybridized carbons (Fsp3) is 0.0870. The monoisotopic (exact) mass is 469 g/mol. The molecule has 4 aromatic rings. The molecule has 0 aliphatic rings. The summed E-state index contributed by atoms with van der Waals surface area (Å²) in [6, 6.07) is 22.8. The molecule has 0 atom stereocenters. The Kier molecular flexibility index (Phi) is 5.82. The molecule has 0 aliphatic heterocycles. The zero-order valence-corrected chi connectivity index (χ0v) is 18.6. The van der Waals surface area contributed by atoms with Gasteiger partial charge in [-0.05, 0) is 42.3 Å². The maximum absolute atomic E-state index is 13.0. The summed E-state index contributed by atoms with van der Waals surface area (Å²) < 4.78 is 29.9. The van der Waals surface area contributed by atoms with E-state index in [9.17, 15) is 18.3 Å². The number of hydrogen-bond acceptors (Lipinski definition) is 4. The van der Waals surface area contributed by atoms with Gasteiger partial charge in [0, 0.05) is 5.02 Å². The molecule has 7 nitrogen and oxygen atoms in total. The lowest BCUT2D eigenvalue weighted by atomic mass is 9.98. The highest BCUT2D eigenvalue weighted by atomic mass is 35.5. The van der Waals surface area contributed by atoms with Crippen LogP contribution in [0.4, 0.5) is 4.79 Å². The Morgan fingerprint density at radius 2 is 1.41 bits per heavy atom. The number of benzene rings is 3. The van der Waals surface area contributed by atoms with E-state index in [2.05, 4.69) is 0 Å². The third-order valence-corrected chi connectivity index (χ3v) is 6.68. The summed E-state index contributed by atoms with van der Waals surface area (Å²) in [4.78, 5) is 12.9. The number of amides is 1. The number of nitrogens with one attached hydrogen (secondary N) is 1. The van der Waals surface area contributed by atoms with Gasteiger partial charge < -0.3 is 5.11 Å². The largest absolute Gasteiger partial charge is 0.492 e. The molecular formula is C23H20ClN3O4S. The molecule has 0 radical (unpaired) electrons. The van der Waals surface area contributed by atoms with Crippen LogP contribution in [0.3, 0.4) is 0 Å². The van der Waals surface area contributed by atoms with Crippen LogP contribution in [-0.4, -0.2) is 28.9 Å². The van der Waals surface area contributed by atoms with Crippen molar-refractivity contribution in [3.63, 3.8) is 0 Å². The second-order valence-electron chi connectivity index (χ2n) is 7.15.